The fraction of sp³-hybridized carbons (Fsp3) is 0.455. The minimum atomic E-state index is -3.73. The molecule has 0 saturated carbocycles. The fourth-order valence-electron chi connectivity index (χ4n) is 2.70. The third-order valence-electron chi connectivity index (χ3n) is 3.68. The van der Waals surface area contributed by atoms with Gasteiger partial charge < -0.3 is 0 Å². The number of fused-ring (bicyclic) bond motifs is 2. The van der Waals surface area contributed by atoms with Crippen LogP contribution in [0, 0.1) is 5.82 Å². The number of hydrogen-bond donors (Lipinski definition) is 0. The highest BCUT2D eigenvalue weighted by molar-refractivity contribution is 7.93. The molecule has 2 fully saturated rings. The lowest BCUT2D eigenvalue weighted by molar-refractivity contribution is 0.402. The SMILES string of the molecule is O=S1(=O)CC2CC1CN2S(=O)(=O)c1ccc(F)cc1. The second-order valence-corrected chi connectivity index (χ2v) is 9.09. The molecule has 2 aliphatic rings. The standard InChI is InChI=1S/C11H12FNO4S2/c12-8-1-3-10(4-2-8)19(16,17)13-6-11-5-9(13)7-18(11,14)15/h1-4,9,11H,5-7H2. The number of hydrogen-bond acceptors (Lipinski definition) is 4. The van der Waals surface area contributed by atoms with E-state index in [0.717, 1.165) is 12.1 Å². The summed E-state index contributed by atoms with van der Waals surface area (Å²) in [7, 11) is -6.87. The van der Waals surface area contributed by atoms with E-state index < -0.39 is 37.0 Å². The predicted octanol–water partition coefficient (Wildman–Crippen LogP) is 0.386. The van der Waals surface area contributed by atoms with Crippen molar-refractivity contribution in [3.63, 3.8) is 0 Å². The van der Waals surface area contributed by atoms with Crippen LogP contribution in [-0.2, 0) is 19.9 Å². The minimum absolute atomic E-state index is 0.00107. The first-order valence-electron chi connectivity index (χ1n) is 5.80. The van der Waals surface area contributed by atoms with Gasteiger partial charge in [-0.15, -0.1) is 0 Å². The second kappa shape index (κ2) is 4.00. The fourth-order valence-corrected chi connectivity index (χ4v) is 6.59. The molecule has 5 nitrogen and oxygen atoms in total. The molecule has 0 N–H and O–H groups in total. The highest BCUT2D eigenvalue weighted by atomic mass is 32.2. The summed E-state index contributed by atoms with van der Waals surface area (Å²) < 4.78 is 62.0. The third-order valence-corrected chi connectivity index (χ3v) is 7.82. The van der Waals surface area contributed by atoms with Gasteiger partial charge in [0.2, 0.25) is 10.0 Å². The van der Waals surface area contributed by atoms with E-state index in [-0.39, 0.29) is 17.2 Å². The molecule has 104 valence electrons. The Morgan fingerprint density at radius 3 is 2.32 bits per heavy atom. The Bertz CT molecular complexity index is 712. The van der Waals surface area contributed by atoms with Crippen LogP contribution < -0.4 is 0 Å². The first-order chi connectivity index (χ1) is 8.80. The van der Waals surface area contributed by atoms with Gasteiger partial charge in [0, 0.05) is 12.6 Å². The summed E-state index contributed by atoms with van der Waals surface area (Å²) in [6.07, 6.45) is 0.364. The zero-order valence-corrected chi connectivity index (χ0v) is 11.5. The van der Waals surface area contributed by atoms with Gasteiger partial charge in [-0.05, 0) is 30.7 Å². The van der Waals surface area contributed by atoms with E-state index in [4.69, 9.17) is 0 Å². The molecular weight excluding hydrogens is 293 g/mol. The second-order valence-electron chi connectivity index (χ2n) is 4.87. The van der Waals surface area contributed by atoms with E-state index >= 15 is 0 Å². The highest BCUT2D eigenvalue weighted by Gasteiger charge is 2.52. The molecule has 19 heavy (non-hydrogen) atoms. The van der Waals surface area contributed by atoms with Gasteiger partial charge in [-0.25, -0.2) is 21.2 Å². The quantitative estimate of drug-likeness (QED) is 0.792. The third kappa shape index (κ3) is 1.98. The van der Waals surface area contributed by atoms with Crippen molar-refractivity contribution in [2.75, 3.05) is 12.3 Å². The van der Waals surface area contributed by atoms with Crippen molar-refractivity contribution in [1.82, 2.24) is 4.31 Å². The molecule has 0 aromatic heterocycles. The molecule has 2 saturated heterocycles. The Labute approximate surface area is 111 Å². The Hall–Kier alpha value is -0.990. The first-order valence-corrected chi connectivity index (χ1v) is 8.95. The van der Waals surface area contributed by atoms with Crippen molar-refractivity contribution in [1.29, 1.82) is 0 Å². The van der Waals surface area contributed by atoms with Crippen LogP contribution in [0.1, 0.15) is 6.42 Å². The number of halogens is 1. The predicted molar refractivity (Wildman–Crippen MR) is 66.3 cm³/mol. The van der Waals surface area contributed by atoms with Gasteiger partial charge in [-0.2, -0.15) is 4.31 Å². The summed E-state index contributed by atoms with van der Waals surface area (Å²) in [5, 5.41) is -0.590. The van der Waals surface area contributed by atoms with Crippen LogP contribution >= 0.6 is 0 Å². The molecule has 0 spiro atoms. The number of nitrogens with zero attached hydrogens (tertiary/aromatic N) is 1. The van der Waals surface area contributed by atoms with Gasteiger partial charge in [0.25, 0.3) is 0 Å². The monoisotopic (exact) mass is 305 g/mol. The summed E-state index contributed by atoms with van der Waals surface area (Å²) in [5.74, 6) is -0.623. The molecule has 2 unspecified atom stereocenters. The van der Waals surface area contributed by atoms with Crippen molar-refractivity contribution in [2.24, 2.45) is 0 Å². The van der Waals surface area contributed by atoms with Crippen LogP contribution in [0.3, 0.4) is 0 Å². The molecule has 0 radical (unpaired) electrons. The average molecular weight is 305 g/mol. The Morgan fingerprint density at radius 2 is 1.84 bits per heavy atom. The van der Waals surface area contributed by atoms with Crippen molar-refractivity contribution in [2.45, 2.75) is 22.6 Å². The Morgan fingerprint density at radius 1 is 1.21 bits per heavy atom. The van der Waals surface area contributed by atoms with E-state index in [2.05, 4.69) is 0 Å². The molecule has 0 aliphatic carbocycles. The van der Waals surface area contributed by atoms with Gasteiger partial charge in [0.1, 0.15) is 5.82 Å². The molecular formula is C11H12FNO4S2. The molecule has 2 atom stereocenters. The summed E-state index contributed by atoms with van der Waals surface area (Å²) in [6, 6.07) is 4.08. The summed E-state index contributed by atoms with van der Waals surface area (Å²) in [5.41, 5.74) is 0. The maximum Gasteiger partial charge on any atom is 0.243 e. The minimum Gasteiger partial charge on any atom is -0.228 e. The van der Waals surface area contributed by atoms with Crippen LogP contribution in [0.5, 0.6) is 0 Å². The maximum absolute atomic E-state index is 12.8. The normalized spacial score (nSPS) is 29.7. The van der Waals surface area contributed by atoms with Crippen LogP contribution in [0.2, 0.25) is 0 Å². The Balaban J connectivity index is 1.94. The van der Waals surface area contributed by atoms with E-state index in [9.17, 15) is 21.2 Å². The molecule has 8 heteroatoms. The lowest BCUT2D eigenvalue weighted by Gasteiger charge is -2.25. The molecule has 2 aliphatic heterocycles. The number of sulfonamides is 1. The summed E-state index contributed by atoms with van der Waals surface area (Å²) >= 11 is 0. The lowest BCUT2D eigenvalue weighted by atomic mass is 10.3. The average Bonchev–Trinajstić information content (AvgIpc) is 2.85. The van der Waals surface area contributed by atoms with E-state index in [0.29, 0.717) is 6.42 Å². The summed E-state index contributed by atoms with van der Waals surface area (Å²) in [6.45, 7) is 0.00666. The number of rotatable bonds is 2. The molecule has 0 amide bonds. The number of sulfone groups is 1. The smallest absolute Gasteiger partial charge is 0.228 e. The van der Waals surface area contributed by atoms with Gasteiger partial charge >= 0.3 is 0 Å². The molecule has 2 heterocycles. The summed E-state index contributed by atoms with van der Waals surface area (Å²) in [4.78, 5) is -0.00107. The number of benzene rings is 1. The topological polar surface area (TPSA) is 71.5 Å². The van der Waals surface area contributed by atoms with Crippen molar-refractivity contribution in [3.8, 4) is 0 Å². The van der Waals surface area contributed by atoms with E-state index in [1.165, 1.54) is 16.4 Å². The van der Waals surface area contributed by atoms with Gasteiger partial charge in [-0.3, -0.25) is 0 Å². The zero-order chi connectivity index (χ0) is 13.8. The van der Waals surface area contributed by atoms with Crippen LogP contribution in [0.15, 0.2) is 29.2 Å². The molecule has 1 aromatic carbocycles. The van der Waals surface area contributed by atoms with Gasteiger partial charge in [0.15, 0.2) is 9.84 Å². The molecule has 2 bridgehead atoms. The van der Waals surface area contributed by atoms with Crippen molar-refractivity contribution < 1.29 is 21.2 Å². The van der Waals surface area contributed by atoms with Crippen LogP contribution in [0.4, 0.5) is 4.39 Å². The van der Waals surface area contributed by atoms with Crippen LogP contribution in [-0.4, -0.2) is 44.7 Å². The maximum atomic E-state index is 12.8. The zero-order valence-electron chi connectivity index (χ0n) is 9.86. The van der Waals surface area contributed by atoms with Crippen molar-refractivity contribution >= 4 is 19.9 Å². The van der Waals surface area contributed by atoms with Gasteiger partial charge in [0.05, 0.1) is 15.9 Å². The van der Waals surface area contributed by atoms with Crippen molar-refractivity contribution in [3.05, 3.63) is 30.1 Å². The largest absolute Gasteiger partial charge is 0.243 e. The Kier molecular flexibility index (Phi) is 2.74. The molecule has 1 aromatic rings. The highest BCUT2D eigenvalue weighted by Crippen LogP contribution is 2.36. The van der Waals surface area contributed by atoms with E-state index in [1.807, 2.05) is 0 Å². The first kappa shape index (κ1) is 13.0. The lowest BCUT2D eigenvalue weighted by Crippen LogP contribution is -2.43. The van der Waals surface area contributed by atoms with E-state index in [1.54, 1.807) is 0 Å². The molecule has 3 rings (SSSR count). The van der Waals surface area contributed by atoms with Gasteiger partial charge in [-0.1, -0.05) is 0 Å². The van der Waals surface area contributed by atoms with Crippen LogP contribution in [0.25, 0.3) is 0 Å².